The van der Waals surface area contributed by atoms with Crippen LogP contribution in [0, 0.1) is 10.1 Å². The molecule has 2 aliphatic heterocycles. The van der Waals surface area contributed by atoms with E-state index < -0.39 is 12.0 Å². The SMILES string of the molecule is CCOc1ccc([C@H]2C(C(=O)OC(C)C)=C(C)N=c3s/c(=C\c4ccc(N5CCCCC5)c([N+](=O)[O-])c4)c(=O)n32)cc1. The van der Waals surface area contributed by atoms with Crippen LogP contribution in [0.3, 0.4) is 0 Å². The topological polar surface area (TPSA) is 116 Å². The van der Waals surface area contributed by atoms with Crippen molar-refractivity contribution in [3.63, 3.8) is 0 Å². The van der Waals surface area contributed by atoms with E-state index in [-0.39, 0.29) is 27.8 Å². The monoisotopic (exact) mass is 590 g/mol. The first kappa shape index (κ1) is 29.2. The number of rotatable bonds is 8. The second-order valence-corrected chi connectivity index (χ2v) is 11.6. The lowest BCUT2D eigenvalue weighted by atomic mass is 9.96. The van der Waals surface area contributed by atoms with Gasteiger partial charge in [-0.25, -0.2) is 9.79 Å². The number of hydrogen-bond donors (Lipinski definition) is 0. The van der Waals surface area contributed by atoms with Gasteiger partial charge in [0.1, 0.15) is 11.4 Å². The number of hydrogen-bond acceptors (Lipinski definition) is 9. The Balaban J connectivity index is 1.62. The van der Waals surface area contributed by atoms with Crippen LogP contribution in [0.5, 0.6) is 5.75 Å². The highest BCUT2D eigenvalue weighted by Crippen LogP contribution is 2.33. The Bertz CT molecular complexity index is 1720. The Morgan fingerprint density at radius 1 is 1.17 bits per heavy atom. The predicted octanol–water partition coefficient (Wildman–Crippen LogP) is 4.48. The molecule has 220 valence electrons. The van der Waals surface area contributed by atoms with Gasteiger partial charge in [-0.1, -0.05) is 29.5 Å². The fourth-order valence-electron chi connectivity index (χ4n) is 5.42. The molecule has 42 heavy (non-hydrogen) atoms. The molecular weight excluding hydrogens is 556 g/mol. The Morgan fingerprint density at radius 3 is 2.52 bits per heavy atom. The normalized spacial score (nSPS) is 17.2. The molecule has 0 spiro atoms. The number of aromatic nitrogens is 1. The maximum absolute atomic E-state index is 13.9. The van der Waals surface area contributed by atoms with E-state index in [4.69, 9.17) is 9.47 Å². The average Bonchev–Trinajstić information content (AvgIpc) is 3.26. The smallest absolute Gasteiger partial charge is 0.338 e. The van der Waals surface area contributed by atoms with Gasteiger partial charge in [-0.05, 0) is 82.4 Å². The van der Waals surface area contributed by atoms with Crippen molar-refractivity contribution in [2.45, 2.75) is 59.1 Å². The van der Waals surface area contributed by atoms with E-state index in [2.05, 4.69) is 9.89 Å². The molecule has 0 amide bonds. The fourth-order valence-corrected chi connectivity index (χ4v) is 6.47. The number of piperidine rings is 1. The van der Waals surface area contributed by atoms with Gasteiger partial charge in [0.2, 0.25) is 0 Å². The van der Waals surface area contributed by atoms with Crippen molar-refractivity contribution in [1.82, 2.24) is 4.57 Å². The second-order valence-electron chi connectivity index (χ2n) is 10.6. The molecule has 2 aliphatic rings. The second kappa shape index (κ2) is 12.3. The quantitative estimate of drug-likeness (QED) is 0.216. The lowest BCUT2D eigenvalue weighted by Gasteiger charge is -2.28. The van der Waals surface area contributed by atoms with Crippen LogP contribution in [-0.2, 0) is 9.53 Å². The van der Waals surface area contributed by atoms with Crippen LogP contribution < -0.4 is 24.5 Å². The molecule has 1 fully saturated rings. The van der Waals surface area contributed by atoms with Gasteiger partial charge >= 0.3 is 5.97 Å². The molecule has 3 heterocycles. The molecule has 2 aromatic carbocycles. The minimum atomic E-state index is -0.763. The van der Waals surface area contributed by atoms with Crippen LogP contribution in [0.25, 0.3) is 6.08 Å². The zero-order valence-corrected chi connectivity index (χ0v) is 25.0. The van der Waals surface area contributed by atoms with E-state index in [0.29, 0.717) is 44.2 Å². The van der Waals surface area contributed by atoms with Crippen LogP contribution in [0.15, 0.2) is 63.5 Å². The van der Waals surface area contributed by atoms with Gasteiger partial charge in [-0.3, -0.25) is 19.5 Å². The maximum atomic E-state index is 13.9. The van der Waals surface area contributed by atoms with Gasteiger partial charge in [0.05, 0.1) is 39.5 Å². The first-order valence-electron chi connectivity index (χ1n) is 14.2. The molecule has 1 saturated heterocycles. The Labute approximate surface area is 247 Å². The van der Waals surface area contributed by atoms with E-state index in [1.807, 2.05) is 19.1 Å². The number of benzene rings is 2. The average molecular weight is 591 g/mol. The summed E-state index contributed by atoms with van der Waals surface area (Å²) in [6.07, 6.45) is 4.42. The third-order valence-electron chi connectivity index (χ3n) is 7.28. The Hall–Kier alpha value is -4.25. The summed E-state index contributed by atoms with van der Waals surface area (Å²) in [6, 6.07) is 11.6. The zero-order chi connectivity index (χ0) is 30.0. The number of thiazole rings is 1. The summed E-state index contributed by atoms with van der Waals surface area (Å²) in [5, 5.41) is 12.0. The summed E-state index contributed by atoms with van der Waals surface area (Å²) in [5.41, 5.74) is 2.26. The molecule has 10 nitrogen and oxygen atoms in total. The summed E-state index contributed by atoms with van der Waals surface area (Å²) in [7, 11) is 0. The molecule has 0 aliphatic carbocycles. The highest BCUT2D eigenvalue weighted by Gasteiger charge is 2.34. The molecule has 0 radical (unpaired) electrons. The standard InChI is InChI=1S/C31H34N4O6S/c1-5-40-23-12-10-22(11-13-23)28-27(30(37)41-19(2)3)20(4)32-31-34(28)29(36)26(42-31)18-21-9-14-24(25(17-21)35(38)39)33-15-7-6-8-16-33/h9-14,17-19,28H,5-8,15-16H2,1-4H3/b26-18-/t28-/m0/s1. The molecule has 11 heteroatoms. The summed E-state index contributed by atoms with van der Waals surface area (Å²) in [5.74, 6) is 0.138. The number of ether oxygens (including phenoxy) is 2. The summed E-state index contributed by atoms with van der Waals surface area (Å²) in [6.45, 7) is 9.24. The Morgan fingerprint density at radius 2 is 1.88 bits per heavy atom. The number of anilines is 1. The predicted molar refractivity (Wildman–Crippen MR) is 162 cm³/mol. The number of fused-ring (bicyclic) bond motifs is 1. The van der Waals surface area contributed by atoms with Crippen molar-refractivity contribution in [1.29, 1.82) is 0 Å². The highest BCUT2D eigenvalue weighted by atomic mass is 32.1. The van der Waals surface area contributed by atoms with Gasteiger partial charge in [-0.15, -0.1) is 0 Å². The summed E-state index contributed by atoms with van der Waals surface area (Å²) >= 11 is 1.18. The third-order valence-corrected chi connectivity index (χ3v) is 8.26. The van der Waals surface area contributed by atoms with Crippen molar-refractivity contribution in [2.75, 3.05) is 24.6 Å². The third kappa shape index (κ3) is 5.87. The van der Waals surface area contributed by atoms with E-state index in [1.165, 1.54) is 22.0 Å². The number of nitro benzene ring substituents is 1. The molecule has 3 aromatic rings. The van der Waals surface area contributed by atoms with Crippen LogP contribution >= 0.6 is 11.3 Å². The van der Waals surface area contributed by atoms with E-state index >= 15 is 0 Å². The molecule has 0 bridgehead atoms. The van der Waals surface area contributed by atoms with Gasteiger partial charge in [-0.2, -0.15) is 0 Å². The van der Waals surface area contributed by atoms with Gasteiger partial charge in [0.15, 0.2) is 4.80 Å². The summed E-state index contributed by atoms with van der Waals surface area (Å²) < 4.78 is 13.0. The number of nitro groups is 1. The van der Waals surface area contributed by atoms with Crippen molar-refractivity contribution in [3.05, 3.63) is 94.7 Å². The summed E-state index contributed by atoms with van der Waals surface area (Å²) in [4.78, 5) is 46.0. The minimum absolute atomic E-state index is 0.0141. The number of carbonyl (C=O) groups is 1. The number of allylic oxidation sites excluding steroid dienone is 1. The maximum Gasteiger partial charge on any atom is 0.338 e. The minimum Gasteiger partial charge on any atom is -0.494 e. The van der Waals surface area contributed by atoms with Gasteiger partial charge < -0.3 is 14.4 Å². The first-order chi connectivity index (χ1) is 20.2. The van der Waals surface area contributed by atoms with Gasteiger partial charge in [0.25, 0.3) is 11.2 Å². The fraction of sp³-hybridized carbons (Fsp3) is 0.387. The molecule has 0 saturated carbocycles. The molecule has 0 unspecified atom stereocenters. The van der Waals surface area contributed by atoms with E-state index in [1.54, 1.807) is 51.1 Å². The van der Waals surface area contributed by atoms with Crippen LogP contribution in [0.2, 0.25) is 0 Å². The molecule has 0 N–H and O–H groups in total. The van der Waals surface area contributed by atoms with Crippen LogP contribution in [-0.4, -0.2) is 41.3 Å². The zero-order valence-electron chi connectivity index (χ0n) is 24.2. The number of carbonyl (C=O) groups excluding carboxylic acids is 1. The van der Waals surface area contributed by atoms with Crippen LogP contribution in [0.4, 0.5) is 11.4 Å². The lowest BCUT2D eigenvalue weighted by molar-refractivity contribution is -0.384. The van der Waals surface area contributed by atoms with Gasteiger partial charge in [0, 0.05) is 19.2 Å². The number of nitrogens with zero attached hydrogens (tertiary/aromatic N) is 4. The molecule has 5 rings (SSSR count). The molecule has 1 aromatic heterocycles. The van der Waals surface area contributed by atoms with Crippen molar-refractivity contribution in [2.24, 2.45) is 4.99 Å². The van der Waals surface area contributed by atoms with E-state index in [9.17, 15) is 19.7 Å². The lowest BCUT2D eigenvalue weighted by Crippen LogP contribution is -2.40. The van der Waals surface area contributed by atoms with Crippen molar-refractivity contribution >= 4 is 34.8 Å². The van der Waals surface area contributed by atoms with E-state index in [0.717, 1.165) is 32.4 Å². The van der Waals surface area contributed by atoms with Crippen molar-refractivity contribution < 1.29 is 19.2 Å². The van der Waals surface area contributed by atoms with Crippen LogP contribution in [0.1, 0.15) is 64.1 Å². The molecular formula is C31H34N4O6S. The number of esters is 1. The highest BCUT2D eigenvalue weighted by molar-refractivity contribution is 7.07. The van der Waals surface area contributed by atoms with Crippen molar-refractivity contribution in [3.8, 4) is 5.75 Å². The largest absolute Gasteiger partial charge is 0.494 e. The first-order valence-corrected chi connectivity index (χ1v) is 15.0. The Kier molecular flexibility index (Phi) is 8.58. The molecule has 1 atom stereocenters.